The molecule has 0 amide bonds. The highest BCUT2D eigenvalue weighted by molar-refractivity contribution is 7.90. The topological polar surface area (TPSA) is 132 Å². The maximum absolute atomic E-state index is 14.8. The molecule has 1 aliphatic heterocycles. The molecule has 1 aliphatic rings. The summed E-state index contributed by atoms with van der Waals surface area (Å²) in [6.45, 7) is 6.25. The van der Waals surface area contributed by atoms with Gasteiger partial charge in [-0.25, -0.2) is 27.5 Å². The quantitative estimate of drug-likeness (QED) is 0.404. The number of benzene rings is 1. The van der Waals surface area contributed by atoms with Crippen LogP contribution in [0.25, 0.3) is 16.7 Å². The van der Waals surface area contributed by atoms with Gasteiger partial charge in [-0.15, -0.1) is 0 Å². The van der Waals surface area contributed by atoms with E-state index in [1.54, 1.807) is 6.20 Å². The van der Waals surface area contributed by atoms with Crippen LogP contribution in [0.5, 0.6) is 0 Å². The van der Waals surface area contributed by atoms with E-state index in [9.17, 15) is 12.8 Å². The summed E-state index contributed by atoms with van der Waals surface area (Å²) < 4.78 is 44.9. The number of nitrogens with zero attached hydrogens (tertiary/aromatic N) is 7. The lowest BCUT2D eigenvalue weighted by Gasteiger charge is -2.15. The first kappa shape index (κ1) is 23.3. The van der Waals surface area contributed by atoms with Crippen LogP contribution in [0.1, 0.15) is 37.9 Å². The van der Waals surface area contributed by atoms with Crippen molar-refractivity contribution < 1.29 is 17.3 Å². The fourth-order valence-electron chi connectivity index (χ4n) is 4.07. The van der Waals surface area contributed by atoms with Gasteiger partial charge in [0.25, 0.3) is 0 Å². The predicted molar refractivity (Wildman–Crippen MR) is 125 cm³/mol. The Morgan fingerprint density at radius 1 is 1.29 bits per heavy atom. The molecule has 3 aromatic heterocycles. The monoisotopic (exact) mass is 500 g/mol. The molecule has 184 valence electrons. The first-order chi connectivity index (χ1) is 16.7. The molecule has 0 saturated carbocycles. The summed E-state index contributed by atoms with van der Waals surface area (Å²) in [5.74, 6) is 1.41. The average molecular weight is 501 g/mol. The summed E-state index contributed by atoms with van der Waals surface area (Å²) in [5, 5.41) is 12.4. The lowest BCUT2D eigenvalue weighted by molar-refractivity contribution is 0.265. The van der Waals surface area contributed by atoms with Crippen molar-refractivity contribution >= 4 is 26.7 Å². The predicted octanol–water partition coefficient (Wildman–Crippen LogP) is 2.55. The molecule has 1 atom stereocenters. The van der Waals surface area contributed by atoms with Gasteiger partial charge in [0.2, 0.25) is 5.89 Å². The van der Waals surface area contributed by atoms with Gasteiger partial charge in [0.05, 0.1) is 23.0 Å². The second-order valence-corrected chi connectivity index (χ2v) is 11.0. The molecule has 35 heavy (non-hydrogen) atoms. The maximum atomic E-state index is 14.8. The molecule has 1 saturated heterocycles. The lowest BCUT2D eigenvalue weighted by atomic mass is 10.2. The number of rotatable bonds is 7. The number of likely N-dealkylation sites (tertiary alicyclic amines) is 1. The molecule has 5 rings (SSSR count). The average Bonchev–Trinajstić information content (AvgIpc) is 3.54. The fourth-order valence-corrected chi connectivity index (χ4v) is 4.70. The van der Waals surface area contributed by atoms with Crippen molar-refractivity contribution in [2.45, 2.75) is 43.7 Å². The van der Waals surface area contributed by atoms with Crippen LogP contribution in [0, 0.1) is 5.82 Å². The number of sulfone groups is 1. The van der Waals surface area contributed by atoms with Gasteiger partial charge in [0, 0.05) is 31.3 Å². The Hall–Kier alpha value is -3.45. The highest BCUT2D eigenvalue weighted by Gasteiger charge is 2.26. The summed E-state index contributed by atoms with van der Waals surface area (Å²) >= 11 is 0. The Bertz CT molecular complexity index is 1480. The van der Waals surface area contributed by atoms with E-state index >= 15 is 0 Å². The van der Waals surface area contributed by atoms with Gasteiger partial charge in [0.1, 0.15) is 23.6 Å². The van der Waals surface area contributed by atoms with E-state index in [0.717, 1.165) is 31.8 Å². The van der Waals surface area contributed by atoms with E-state index in [2.05, 4.69) is 35.4 Å². The molecule has 11 nitrogen and oxygen atoms in total. The van der Waals surface area contributed by atoms with Gasteiger partial charge in [-0.1, -0.05) is 19.0 Å². The van der Waals surface area contributed by atoms with Gasteiger partial charge in [-0.05, 0) is 24.6 Å². The molecule has 0 aliphatic carbocycles. The van der Waals surface area contributed by atoms with Crippen molar-refractivity contribution in [3.8, 4) is 5.69 Å². The molecular weight excluding hydrogens is 475 g/mol. The van der Waals surface area contributed by atoms with E-state index < -0.39 is 15.7 Å². The third-order valence-electron chi connectivity index (χ3n) is 5.91. The smallest absolute Gasteiger partial charge is 0.240 e. The summed E-state index contributed by atoms with van der Waals surface area (Å²) in [4.78, 5) is 15.2. The molecule has 0 spiro atoms. The summed E-state index contributed by atoms with van der Waals surface area (Å²) in [5.41, 5.74) is 0.514. The van der Waals surface area contributed by atoms with Gasteiger partial charge >= 0.3 is 0 Å². The van der Waals surface area contributed by atoms with E-state index in [4.69, 9.17) is 4.52 Å². The third-order valence-corrected chi connectivity index (χ3v) is 7.02. The van der Waals surface area contributed by atoms with E-state index in [1.165, 1.54) is 23.1 Å². The minimum absolute atomic E-state index is 0.0982. The maximum Gasteiger partial charge on any atom is 0.240 e. The zero-order valence-corrected chi connectivity index (χ0v) is 20.3. The molecule has 0 unspecified atom stereocenters. The van der Waals surface area contributed by atoms with Gasteiger partial charge in [-0.3, -0.25) is 4.90 Å². The third kappa shape index (κ3) is 4.73. The molecular formula is C22H25FN8O3S. The molecule has 4 aromatic rings. The van der Waals surface area contributed by atoms with Gasteiger partial charge in [-0.2, -0.15) is 10.1 Å². The number of fused-ring (bicyclic) bond motifs is 1. The Kier molecular flexibility index (Phi) is 5.97. The Balaban J connectivity index is 1.33. The van der Waals surface area contributed by atoms with Crippen LogP contribution in [0.3, 0.4) is 0 Å². The minimum atomic E-state index is -3.52. The van der Waals surface area contributed by atoms with Gasteiger partial charge in [0.15, 0.2) is 21.3 Å². The lowest BCUT2D eigenvalue weighted by Crippen LogP contribution is -2.26. The van der Waals surface area contributed by atoms with Gasteiger partial charge < -0.3 is 9.84 Å². The Morgan fingerprint density at radius 3 is 2.83 bits per heavy atom. The molecule has 0 radical (unpaired) electrons. The van der Waals surface area contributed by atoms with Crippen molar-refractivity contribution in [1.82, 2.24) is 34.8 Å². The van der Waals surface area contributed by atoms with Crippen molar-refractivity contribution in [2.75, 3.05) is 24.7 Å². The largest absolute Gasteiger partial charge is 0.365 e. The van der Waals surface area contributed by atoms with Crippen LogP contribution in [-0.4, -0.2) is 68.6 Å². The normalized spacial score (nSPS) is 17.0. The second-order valence-electron chi connectivity index (χ2n) is 8.97. The highest BCUT2D eigenvalue weighted by atomic mass is 32.2. The highest BCUT2D eigenvalue weighted by Crippen LogP contribution is 2.26. The zero-order valence-electron chi connectivity index (χ0n) is 19.5. The standard InChI is InChI=1S/C22H25FN8O3S/c1-13(2)20-28-19(34-29-20)11-30-7-6-14(10-30)27-21-16-9-26-31(22(16)25-12-24-21)18-5-4-15(8-17(18)23)35(3,32)33/h4-5,8-9,12-14H,6-7,10-11H2,1-3H3,(H,24,25,27)/t14-/m1/s1. The number of hydrogen-bond acceptors (Lipinski definition) is 10. The van der Waals surface area contributed by atoms with Crippen molar-refractivity contribution in [3.63, 3.8) is 0 Å². The number of halogens is 1. The second kappa shape index (κ2) is 8.96. The summed E-state index contributed by atoms with van der Waals surface area (Å²) in [6, 6.07) is 3.85. The van der Waals surface area contributed by atoms with Crippen molar-refractivity contribution in [3.05, 3.63) is 48.3 Å². The van der Waals surface area contributed by atoms with E-state index in [-0.39, 0.29) is 22.5 Å². The molecule has 1 fully saturated rings. The number of nitrogens with one attached hydrogen (secondary N) is 1. The molecule has 13 heteroatoms. The molecule has 1 aromatic carbocycles. The number of aromatic nitrogens is 6. The minimum Gasteiger partial charge on any atom is -0.365 e. The number of anilines is 1. The Morgan fingerprint density at radius 2 is 2.11 bits per heavy atom. The molecule has 4 heterocycles. The van der Waals surface area contributed by atoms with Crippen LogP contribution in [0.4, 0.5) is 10.2 Å². The first-order valence-electron chi connectivity index (χ1n) is 11.2. The zero-order chi connectivity index (χ0) is 24.7. The summed E-state index contributed by atoms with van der Waals surface area (Å²) in [7, 11) is -3.52. The van der Waals surface area contributed by atoms with Crippen molar-refractivity contribution in [1.29, 1.82) is 0 Å². The van der Waals surface area contributed by atoms with Crippen molar-refractivity contribution in [2.24, 2.45) is 0 Å². The molecule has 1 N–H and O–H groups in total. The first-order valence-corrected chi connectivity index (χ1v) is 13.1. The number of hydrogen-bond donors (Lipinski definition) is 1. The van der Waals surface area contributed by atoms with E-state index in [1.807, 2.05) is 13.8 Å². The Labute approximate surface area is 201 Å². The van der Waals surface area contributed by atoms with Crippen LogP contribution >= 0.6 is 0 Å². The summed E-state index contributed by atoms with van der Waals surface area (Å²) in [6.07, 6.45) is 4.89. The van der Waals surface area contributed by atoms with Crippen LogP contribution in [-0.2, 0) is 16.4 Å². The molecule has 0 bridgehead atoms. The van der Waals surface area contributed by atoms with Crippen LogP contribution < -0.4 is 5.32 Å². The van der Waals surface area contributed by atoms with Crippen LogP contribution in [0.15, 0.2) is 40.1 Å². The fraction of sp³-hybridized carbons (Fsp3) is 0.409. The SMILES string of the molecule is CC(C)c1noc(CN2CC[C@@H](Nc3ncnc4c3cnn4-c3ccc(S(C)(=O)=O)cc3F)C2)n1. The van der Waals surface area contributed by atoms with Crippen LogP contribution in [0.2, 0.25) is 0 Å². The van der Waals surface area contributed by atoms with E-state index in [0.29, 0.717) is 35.1 Å².